The summed E-state index contributed by atoms with van der Waals surface area (Å²) in [6.45, 7) is 5.18. The molecule has 0 radical (unpaired) electrons. The van der Waals surface area contributed by atoms with Crippen LogP contribution in [-0.2, 0) is 6.54 Å². The Morgan fingerprint density at radius 1 is 0.893 bits per heavy atom. The molecule has 1 aliphatic heterocycles. The molecule has 1 atom stereocenters. The van der Waals surface area contributed by atoms with Gasteiger partial charge in [-0.3, -0.25) is 4.90 Å². The lowest BCUT2D eigenvalue weighted by molar-refractivity contribution is 0.200. The standard InChI is InChI=1S/C22H25N3S.2ClH/c1-2-5-18(6-3-1)17-24-20-10-8-19(9-11-20)22(21-7-4-16-26-21)25-14-12-23-13-15-25;;/h1-11,16,22-24H,12-15,17H2;2*1H/t22-;;/m1../s1. The molecule has 0 amide bonds. The Balaban J connectivity index is 0.00000140. The first-order valence-corrected chi connectivity index (χ1v) is 10.1. The van der Waals surface area contributed by atoms with E-state index in [0.717, 1.165) is 32.7 Å². The van der Waals surface area contributed by atoms with Crippen molar-refractivity contribution in [1.29, 1.82) is 0 Å². The molecule has 3 aromatic rings. The summed E-state index contributed by atoms with van der Waals surface area (Å²) in [5.74, 6) is 0. The summed E-state index contributed by atoms with van der Waals surface area (Å²) in [6, 6.07) is 24.3. The third kappa shape index (κ3) is 5.72. The smallest absolute Gasteiger partial charge is 0.0696 e. The largest absolute Gasteiger partial charge is 0.381 e. The summed E-state index contributed by atoms with van der Waals surface area (Å²) in [5, 5.41) is 9.16. The molecule has 4 rings (SSSR count). The molecule has 1 aliphatic rings. The van der Waals surface area contributed by atoms with E-state index in [1.54, 1.807) is 0 Å². The van der Waals surface area contributed by atoms with E-state index in [0.29, 0.717) is 6.04 Å². The molecule has 0 aliphatic carbocycles. The molecule has 1 fully saturated rings. The van der Waals surface area contributed by atoms with Crippen LogP contribution in [0.1, 0.15) is 22.0 Å². The van der Waals surface area contributed by atoms with Gasteiger partial charge in [-0.05, 0) is 34.7 Å². The van der Waals surface area contributed by atoms with Gasteiger partial charge in [0.15, 0.2) is 0 Å². The molecule has 0 saturated carbocycles. The Hall–Kier alpha value is -1.56. The van der Waals surface area contributed by atoms with Crippen LogP contribution in [0.25, 0.3) is 0 Å². The molecule has 2 aromatic carbocycles. The second-order valence-corrected chi connectivity index (χ2v) is 7.64. The molecule has 2 heterocycles. The predicted octanol–water partition coefficient (Wildman–Crippen LogP) is 5.20. The first-order valence-electron chi connectivity index (χ1n) is 9.26. The maximum absolute atomic E-state index is 3.52. The molecule has 2 N–H and O–H groups in total. The molecule has 150 valence electrons. The first-order chi connectivity index (χ1) is 12.9. The van der Waals surface area contributed by atoms with Crippen LogP contribution in [0, 0.1) is 0 Å². The van der Waals surface area contributed by atoms with Gasteiger partial charge in [-0.1, -0.05) is 48.5 Å². The van der Waals surface area contributed by atoms with Crippen molar-refractivity contribution in [2.24, 2.45) is 0 Å². The number of halogens is 2. The Kier molecular flexibility index (Phi) is 9.29. The van der Waals surface area contributed by atoms with Crippen molar-refractivity contribution in [3.8, 4) is 0 Å². The quantitative estimate of drug-likeness (QED) is 0.556. The summed E-state index contributed by atoms with van der Waals surface area (Å²) in [7, 11) is 0. The number of rotatable bonds is 6. The SMILES string of the molecule is Cl.Cl.c1ccc(CNc2ccc([C@H](c3cccs3)N3CCNCC3)cc2)cc1. The minimum atomic E-state index is 0. The topological polar surface area (TPSA) is 27.3 Å². The van der Waals surface area contributed by atoms with E-state index in [-0.39, 0.29) is 24.8 Å². The number of hydrogen-bond acceptors (Lipinski definition) is 4. The molecule has 6 heteroatoms. The highest BCUT2D eigenvalue weighted by Gasteiger charge is 2.24. The maximum Gasteiger partial charge on any atom is 0.0696 e. The fourth-order valence-corrected chi connectivity index (χ4v) is 4.41. The van der Waals surface area contributed by atoms with E-state index in [1.807, 2.05) is 11.3 Å². The molecule has 3 nitrogen and oxygen atoms in total. The number of piperazine rings is 1. The summed E-state index contributed by atoms with van der Waals surface area (Å²) < 4.78 is 0. The normalized spacial score (nSPS) is 15.1. The van der Waals surface area contributed by atoms with E-state index < -0.39 is 0 Å². The van der Waals surface area contributed by atoms with E-state index >= 15 is 0 Å². The molecule has 1 saturated heterocycles. The van der Waals surface area contributed by atoms with Crippen molar-refractivity contribution in [2.75, 3.05) is 31.5 Å². The Morgan fingerprint density at radius 2 is 1.61 bits per heavy atom. The number of benzene rings is 2. The van der Waals surface area contributed by atoms with Crippen LogP contribution in [0.5, 0.6) is 0 Å². The average molecular weight is 436 g/mol. The fraction of sp³-hybridized carbons (Fsp3) is 0.273. The van der Waals surface area contributed by atoms with Crippen molar-refractivity contribution < 1.29 is 0 Å². The maximum atomic E-state index is 3.52. The monoisotopic (exact) mass is 435 g/mol. The second kappa shape index (κ2) is 11.4. The van der Waals surface area contributed by atoms with Gasteiger partial charge < -0.3 is 10.6 Å². The van der Waals surface area contributed by atoms with Crippen LogP contribution in [0.2, 0.25) is 0 Å². The Bertz CT molecular complexity index is 788. The van der Waals surface area contributed by atoms with Crippen molar-refractivity contribution in [1.82, 2.24) is 10.2 Å². The number of thiophene rings is 1. The summed E-state index contributed by atoms with van der Waals surface area (Å²) in [6.07, 6.45) is 0. The van der Waals surface area contributed by atoms with E-state index in [1.165, 1.54) is 21.7 Å². The lowest BCUT2D eigenvalue weighted by Crippen LogP contribution is -2.45. The minimum absolute atomic E-state index is 0. The molecule has 0 bridgehead atoms. The fourth-order valence-electron chi connectivity index (χ4n) is 3.53. The molecule has 0 spiro atoms. The van der Waals surface area contributed by atoms with Crippen LogP contribution >= 0.6 is 36.2 Å². The lowest BCUT2D eigenvalue weighted by atomic mass is 10.0. The lowest BCUT2D eigenvalue weighted by Gasteiger charge is -2.34. The van der Waals surface area contributed by atoms with Crippen LogP contribution in [0.15, 0.2) is 72.1 Å². The van der Waals surface area contributed by atoms with Gasteiger partial charge in [-0.2, -0.15) is 0 Å². The zero-order chi connectivity index (χ0) is 17.6. The van der Waals surface area contributed by atoms with Gasteiger partial charge in [-0.15, -0.1) is 36.2 Å². The molecule has 0 unspecified atom stereocenters. The molecule has 1 aromatic heterocycles. The van der Waals surface area contributed by atoms with Gasteiger partial charge in [0.25, 0.3) is 0 Å². The Morgan fingerprint density at radius 3 is 2.25 bits per heavy atom. The predicted molar refractivity (Wildman–Crippen MR) is 125 cm³/mol. The van der Waals surface area contributed by atoms with Gasteiger partial charge in [0.1, 0.15) is 0 Å². The van der Waals surface area contributed by atoms with Crippen molar-refractivity contribution in [3.05, 3.63) is 88.1 Å². The third-order valence-corrected chi connectivity index (χ3v) is 5.82. The summed E-state index contributed by atoms with van der Waals surface area (Å²) >= 11 is 1.85. The van der Waals surface area contributed by atoms with Gasteiger partial charge in [0.05, 0.1) is 6.04 Å². The number of anilines is 1. The highest BCUT2D eigenvalue weighted by atomic mass is 35.5. The molecular formula is C22H27Cl2N3S. The highest BCUT2D eigenvalue weighted by Crippen LogP contribution is 2.32. The van der Waals surface area contributed by atoms with Crippen molar-refractivity contribution >= 4 is 41.8 Å². The van der Waals surface area contributed by atoms with Crippen LogP contribution in [0.3, 0.4) is 0 Å². The van der Waals surface area contributed by atoms with Crippen molar-refractivity contribution in [2.45, 2.75) is 12.6 Å². The van der Waals surface area contributed by atoms with Gasteiger partial charge in [0.2, 0.25) is 0 Å². The van der Waals surface area contributed by atoms with Crippen LogP contribution < -0.4 is 10.6 Å². The van der Waals surface area contributed by atoms with E-state index in [2.05, 4.69) is 87.6 Å². The van der Waals surface area contributed by atoms with Crippen LogP contribution in [0.4, 0.5) is 5.69 Å². The van der Waals surface area contributed by atoms with Gasteiger partial charge >= 0.3 is 0 Å². The second-order valence-electron chi connectivity index (χ2n) is 6.67. The summed E-state index contributed by atoms with van der Waals surface area (Å²) in [4.78, 5) is 4.02. The van der Waals surface area contributed by atoms with Gasteiger partial charge in [-0.25, -0.2) is 0 Å². The minimum Gasteiger partial charge on any atom is -0.381 e. The number of nitrogens with one attached hydrogen (secondary N) is 2. The molecular weight excluding hydrogens is 409 g/mol. The molecule has 28 heavy (non-hydrogen) atoms. The van der Waals surface area contributed by atoms with Gasteiger partial charge in [0, 0.05) is 43.3 Å². The third-order valence-electron chi connectivity index (χ3n) is 4.90. The zero-order valence-electron chi connectivity index (χ0n) is 15.7. The zero-order valence-corrected chi connectivity index (χ0v) is 18.2. The highest BCUT2D eigenvalue weighted by molar-refractivity contribution is 7.10. The van der Waals surface area contributed by atoms with Crippen LogP contribution in [-0.4, -0.2) is 31.1 Å². The van der Waals surface area contributed by atoms with E-state index in [4.69, 9.17) is 0 Å². The van der Waals surface area contributed by atoms with Crippen molar-refractivity contribution in [3.63, 3.8) is 0 Å². The Labute approximate surface area is 184 Å². The first kappa shape index (κ1) is 22.7. The number of nitrogens with zero attached hydrogens (tertiary/aromatic N) is 1. The number of hydrogen-bond donors (Lipinski definition) is 2. The summed E-state index contributed by atoms with van der Waals surface area (Å²) in [5.41, 5.74) is 3.84. The average Bonchev–Trinajstić information content (AvgIpc) is 3.23. The van der Waals surface area contributed by atoms with E-state index in [9.17, 15) is 0 Å².